The van der Waals surface area contributed by atoms with Gasteiger partial charge >= 0.3 is 5.92 Å². The van der Waals surface area contributed by atoms with Gasteiger partial charge in [-0.05, 0) is 42.5 Å². The molecule has 7 nitrogen and oxygen atoms in total. The lowest BCUT2D eigenvalue weighted by Gasteiger charge is -2.37. The van der Waals surface area contributed by atoms with Crippen LogP contribution in [0.15, 0.2) is 59.8 Å². The average Bonchev–Trinajstić information content (AvgIpc) is 2.83. The van der Waals surface area contributed by atoms with E-state index in [4.69, 9.17) is 28.0 Å². The van der Waals surface area contributed by atoms with Gasteiger partial charge in [-0.3, -0.25) is 9.99 Å². The van der Waals surface area contributed by atoms with Gasteiger partial charge in [0.05, 0.1) is 6.54 Å². The van der Waals surface area contributed by atoms with Gasteiger partial charge in [0, 0.05) is 28.4 Å². The first-order valence-electron chi connectivity index (χ1n) is 10.3. The van der Waals surface area contributed by atoms with E-state index in [0.717, 1.165) is 24.7 Å². The number of nitrogens with zero attached hydrogens (tertiary/aromatic N) is 3. The standard InChI is InChI=1S/C24H19ClF5N5O2/c25-16-4-7-21(20(28)10-16)37-9-1-2-15-3-8-22(33-12-15)24(29,30)23(36,13-35(32)14-34-31)18-6-5-17(26)11-19(18)27/h3-8,10-12,14,36H,9,13,31-32H2/b34-14-. The fourth-order valence-corrected chi connectivity index (χ4v) is 3.44. The lowest BCUT2D eigenvalue weighted by molar-refractivity contribution is -0.203. The summed E-state index contributed by atoms with van der Waals surface area (Å²) in [5, 5.41) is 14.8. The molecule has 0 saturated carbocycles. The molecule has 13 heteroatoms. The normalized spacial score (nSPS) is 13.1. The Kier molecular flexibility index (Phi) is 8.54. The third-order valence-corrected chi connectivity index (χ3v) is 5.27. The van der Waals surface area contributed by atoms with Gasteiger partial charge in [0.15, 0.2) is 17.2 Å². The molecule has 0 saturated heterocycles. The Morgan fingerprint density at radius 1 is 1.11 bits per heavy atom. The highest BCUT2D eigenvalue weighted by Gasteiger charge is 2.58. The van der Waals surface area contributed by atoms with Crippen LogP contribution in [0.5, 0.6) is 5.75 Å². The van der Waals surface area contributed by atoms with E-state index in [9.17, 15) is 18.3 Å². The van der Waals surface area contributed by atoms with Gasteiger partial charge < -0.3 is 15.7 Å². The van der Waals surface area contributed by atoms with Crippen molar-refractivity contribution < 1.29 is 31.8 Å². The maximum Gasteiger partial charge on any atom is 0.323 e. The lowest BCUT2D eigenvalue weighted by atomic mass is 9.84. The van der Waals surface area contributed by atoms with Crippen molar-refractivity contribution in [2.24, 2.45) is 16.8 Å². The zero-order valence-corrected chi connectivity index (χ0v) is 19.6. The zero-order chi connectivity index (χ0) is 27.2. The summed E-state index contributed by atoms with van der Waals surface area (Å²) in [7, 11) is 0. The van der Waals surface area contributed by atoms with Crippen LogP contribution in [0.25, 0.3) is 0 Å². The second kappa shape index (κ2) is 11.4. The molecular formula is C24H19ClF5N5O2. The highest BCUT2D eigenvalue weighted by molar-refractivity contribution is 6.30. The fraction of sp³-hybridized carbons (Fsp3) is 0.167. The molecule has 0 aliphatic heterocycles. The Hall–Kier alpha value is -3.92. The van der Waals surface area contributed by atoms with E-state index in [1.54, 1.807) is 0 Å². The van der Waals surface area contributed by atoms with Crippen molar-refractivity contribution in [1.82, 2.24) is 9.99 Å². The van der Waals surface area contributed by atoms with E-state index in [2.05, 4.69) is 21.9 Å². The number of halogens is 6. The summed E-state index contributed by atoms with van der Waals surface area (Å²) in [5.74, 6) is 8.23. The van der Waals surface area contributed by atoms with Gasteiger partial charge in [0.2, 0.25) is 0 Å². The molecule has 3 aromatic rings. The van der Waals surface area contributed by atoms with E-state index in [0.29, 0.717) is 23.2 Å². The van der Waals surface area contributed by atoms with Crippen LogP contribution in [0.4, 0.5) is 22.0 Å². The number of nitrogens with two attached hydrogens (primary N) is 2. The molecule has 0 bridgehead atoms. The van der Waals surface area contributed by atoms with E-state index in [-0.39, 0.29) is 22.9 Å². The average molecular weight is 540 g/mol. The number of ether oxygens (including phenoxy) is 1. The first-order chi connectivity index (χ1) is 17.5. The Labute approximate surface area is 213 Å². The maximum atomic E-state index is 15.6. The summed E-state index contributed by atoms with van der Waals surface area (Å²) in [5.41, 5.74) is -5.02. The number of benzene rings is 2. The second-order valence-corrected chi connectivity index (χ2v) is 8.03. The zero-order valence-electron chi connectivity index (χ0n) is 18.8. The lowest BCUT2D eigenvalue weighted by Crippen LogP contribution is -2.53. The molecule has 1 heterocycles. The number of aliphatic hydroxyl groups is 1. The van der Waals surface area contributed by atoms with Gasteiger partial charge in [-0.25, -0.2) is 19.0 Å². The topological polar surface area (TPSA) is 110 Å². The minimum atomic E-state index is -4.24. The molecule has 0 aliphatic carbocycles. The maximum absolute atomic E-state index is 15.6. The van der Waals surface area contributed by atoms with Crippen molar-refractivity contribution in [3.63, 3.8) is 0 Å². The number of hydrazine groups is 1. The predicted molar refractivity (Wildman–Crippen MR) is 126 cm³/mol. The van der Waals surface area contributed by atoms with Crippen LogP contribution in [-0.4, -0.2) is 34.6 Å². The van der Waals surface area contributed by atoms with Crippen LogP contribution in [0.2, 0.25) is 5.02 Å². The van der Waals surface area contributed by atoms with Crippen LogP contribution in [0.1, 0.15) is 16.8 Å². The smallest absolute Gasteiger partial charge is 0.323 e. The fourth-order valence-electron chi connectivity index (χ4n) is 3.28. The molecule has 194 valence electrons. The number of alkyl halides is 2. The van der Waals surface area contributed by atoms with Crippen molar-refractivity contribution >= 4 is 17.9 Å². The third-order valence-electron chi connectivity index (χ3n) is 5.03. The van der Waals surface area contributed by atoms with Crippen LogP contribution >= 0.6 is 11.6 Å². The molecule has 1 aromatic heterocycles. The van der Waals surface area contributed by atoms with Crippen LogP contribution in [-0.2, 0) is 11.5 Å². The number of hydrazone groups is 1. The Bertz CT molecular complexity index is 1350. The molecule has 0 aliphatic rings. The van der Waals surface area contributed by atoms with Crippen molar-refractivity contribution in [3.8, 4) is 17.6 Å². The SMILES string of the molecule is N/N=C\N(N)CC(O)(c1ccc(F)cc1F)C(F)(F)c1ccc(C#CCOc2ccc(Cl)cc2F)cn1. The summed E-state index contributed by atoms with van der Waals surface area (Å²) in [6, 6.07) is 7.60. The van der Waals surface area contributed by atoms with Crippen LogP contribution in [0.3, 0.4) is 0 Å². The highest BCUT2D eigenvalue weighted by atomic mass is 35.5. The highest BCUT2D eigenvalue weighted by Crippen LogP contribution is 2.45. The summed E-state index contributed by atoms with van der Waals surface area (Å²) in [4.78, 5) is 3.66. The van der Waals surface area contributed by atoms with Gasteiger partial charge in [0.25, 0.3) is 0 Å². The minimum Gasteiger partial charge on any atom is -0.478 e. The number of pyridine rings is 1. The third kappa shape index (κ3) is 6.26. The molecule has 0 fully saturated rings. The summed E-state index contributed by atoms with van der Waals surface area (Å²) in [6.45, 7) is -1.32. The quantitative estimate of drug-likeness (QED) is 0.101. The van der Waals surface area contributed by atoms with Crippen molar-refractivity contribution in [3.05, 3.63) is 94.0 Å². The molecular weight excluding hydrogens is 521 g/mol. The number of hydrogen-bond donors (Lipinski definition) is 3. The largest absolute Gasteiger partial charge is 0.478 e. The molecule has 1 atom stereocenters. The molecule has 1 unspecified atom stereocenters. The van der Waals surface area contributed by atoms with Crippen molar-refractivity contribution in [2.75, 3.05) is 13.2 Å². The van der Waals surface area contributed by atoms with Crippen LogP contribution < -0.4 is 16.4 Å². The van der Waals surface area contributed by atoms with E-state index < -0.39 is 46.8 Å². The molecule has 2 aromatic carbocycles. The Balaban J connectivity index is 1.86. The molecule has 0 radical (unpaired) electrons. The number of aromatic nitrogens is 1. The summed E-state index contributed by atoms with van der Waals surface area (Å²) in [6.07, 6.45) is 1.72. The second-order valence-electron chi connectivity index (χ2n) is 7.59. The van der Waals surface area contributed by atoms with E-state index in [1.807, 2.05) is 0 Å². The van der Waals surface area contributed by atoms with Crippen molar-refractivity contribution in [1.29, 1.82) is 0 Å². The number of hydrogen-bond acceptors (Lipinski definition) is 6. The molecule has 37 heavy (non-hydrogen) atoms. The summed E-state index contributed by atoms with van der Waals surface area (Å²) >= 11 is 5.67. The minimum absolute atomic E-state index is 0.0762. The summed E-state index contributed by atoms with van der Waals surface area (Å²) < 4.78 is 78.1. The van der Waals surface area contributed by atoms with Gasteiger partial charge in [-0.1, -0.05) is 23.4 Å². The van der Waals surface area contributed by atoms with Crippen molar-refractivity contribution in [2.45, 2.75) is 11.5 Å². The van der Waals surface area contributed by atoms with Crippen LogP contribution in [0, 0.1) is 29.3 Å². The molecule has 3 rings (SSSR count). The first-order valence-corrected chi connectivity index (χ1v) is 10.7. The predicted octanol–water partition coefficient (Wildman–Crippen LogP) is 3.64. The van der Waals surface area contributed by atoms with Gasteiger partial charge in [-0.15, -0.1) is 0 Å². The number of rotatable bonds is 8. The molecule has 5 N–H and O–H groups in total. The Morgan fingerprint density at radius 2 is 1.86 bits per heavy atom. The molecule has 0 amide bonds. The first kappa shape index (κ1) is 27.7. The van der Waals surface area contributed by atoms with E-state index >= 15 is 8.78 Å². The molecule has 0 spiro atoms. The van der Waals surface area contributed by atoms with Gasteiger partial charge in [-0.2, -0.15) is 13.9 Å². The van der Waals surface area contributed by atoms with E-state index in [1.165, 1.54) is 18.2 Å². The van der Waals surface area contributed by atoms with Gasteiger partial charge in [0.1, 0.15) is 30.3 Å². The monoisotopic (exact) mass is 539 g/mol. The Morgan fingerprint density at radius 3 is 2.49 bits per heavy atom.